The Hall–Kier alpha value is -2.40. The quantitative estimate of drug-likeness (QED) is 0.683. The van der Waals surface area contributed by atoms with Gasteiger partial charge in [0.2, 0.25) is 0 Å². The van der Waals surface area contributed by atoms with Crippen LogP contribution in [0.15, 0.2) is 42.5 Å². The lowest BCUT2D eigenvalue weighted by Crippen LogP contribution is -2.13. The van der Waals surface area contributed by atoms with Gasteiger partial charge in [0.15, 0.2) is 0 Å². The van der Waals surface area contributed by atoms with Gasteiger partial charge >= 0.3 is 0 Å². The summed E-state index contributed by atoms with van der Waals surface area (Å²) in [6, 6.07) is 11.4. The van der Waals surface area contributed by atoms with Crippen LogP contribution in [0, 0.1) is 10.1 Å². The van der Waals surface area contributed by atoms with E-state index in [0.29, 0.717) is 5.69 Å². The van der Waals surface area contributed by atoms with E-state index >= 15 is 0 Å². The Bertz CT molecular complexity index is 701. The summed E-state index contributed by atoms with van der Waals surface area (Å²) >= 11 is 5.73. The van der Waals surface area contributed by atoms with Gasteiger partial charge in [0.1, 0.15) is 5.02 Å². The lowest BCUT2D eigenvalue weighted by atomic mass is 10.1. The number of anilines is 1. The number of carbonyl (C=O) groups excluding carboxylic acids is 1. The average molecular weight is 305 g/mol. The van der Waals surface area contributed by atoms with E-state index in [1.165, 1.54) is 18.2 Å². The van der Waals surface area contributed by atoms with Crippen LogP contribution < -0.4 is 5.32 Å². The highest BCUT2D eigenvalue weighted by molar-refractivity contribution is 6.32. The maximum atomic E-state index is 12.2. The van der Waals surface area contributed by atoms with Crippen molar-refractivity contribution in [3.8, 4) is 0 Å². The summed E-state index contributed by atoms with van der Waals surface area (Å²) < 4.78 is 0. The number of rotatable bonds is 4. The Morgan fingerprint density at radius 3 is 2.67 bits per heavy atom. The van der Waals surface area contributed by atoms with Gasteiger partial charge in [-0.1, -0.05) is 36.7 Å². The monoisotopic (exact) mass is 304 g/mol. The van der Waals surface area contributed by atoms with Crippen LogP contribution in [-0.4, -0.2) is 10.8 Å². The van der Waals surface area contributed by atoms with Crippen molar-refractivity contribution >= 4 is 28.9 Å². The van der Waals surface area contributed by atoms with Crippen LogP contribution in [-0.2, 0) is 6.42 Å². The number of amides is 1. The summed E-state index contributed by atoms with van der Waals surface area (Å²) in [5, 5.41) is 13.6. The minimum absolute atomic E-state index is 0.00510. The third-order valence-electron chi connectivity index (χ3n) is 3.05. The van der Waals surface area contributed by atoms with Crippen molar-refractivity contribution in [2.45, 2.75) is 13.3 Å². The van der Waals surface area contributed by atoms with Crippen molar-refractivity contribution < 1.29 is 9.72 Å². The molecule has 0 spiro atoms. The molecule has 21 heavy (non-hydrogen) atoms. The molecule has 0 fully saturated rings. The van der Waals surface area contributed by atoms with E-state index in [9.17, 15) is 14.9 Å². The maximum Gasteiger partial charge on any atom is 0.288 e. The molecule has 0 aliphatic rings. The second-order valence-electron chi connectivity index (χ2n) is 4.39. The summed E-state index contributed by atoms with van der Waals surface area (Å²) in [4.78, 5) is 22.4. The Morgan fingerprint density at radius 2 is 2.00 bits per heavy atom. The van der Waals surface area contributed by atoms with Crippen LogP contribution >= 0.6 is 11.6 Å². The molecule has 2 rings (SSSR count). The normalized spacial score (nSPS) is 10.2. The zero-order chi connectivity index (χ0) is 15.4. The first kappa shape index (κ1) is 15.0. The van der Waals surface area contributed by atoms with Gasteiger partial charge in [0.25, 0.3) is 11.6 Å². The third-order valence-corrected chi connectivity index (χ3v) is 3.37. The van der Waals surface area contributed by atoms with Gasteiger partial charge in [0.05, 0.1) is 4.92 Å². The van der Waals surface area contributed by atoms with Crippen LogP contribution in [0.1, 0.15) is 22.8 Å². The minimum atomic E-state index is -0.612. The van der Waals surface area contributed by atoms with E-state index in [0.717, 1.165) is 12.0 Å². The molecule has 0 unspecified atom stereocenters. The molecule has 0 saturated carbocycles. The summed E-state index contributed by atoms with van der Waals surface area (Å²) in [6.07, 6.45) is 0.775. The van der Waals surface area contributed by atoms with E-state index in [1.54, 1.807) is 6.07 Å². The Morgan fingerprint density at radius 1 is 1.29 bits per heavy atom. The van der Waals surface area contributed by atoms with Crippen LogP contribution in [0.3, 0.4) is 0 Å². The van der Waals surface area contributed by atoms with E-state index in [2.05, 4.69) is 5.32 Å². The zero-order valence-electron chi connectivity index (χ0n) is 11.3. The molecule has 0 aliphatic carbocycles. The maximum absolute atomic E-state index is 12.2. The fraction of sp³-hybridized carbons (Fsp3) is 0.133. The van der Waals surface area contributed by atoms with Gasteiger partial charge in [0, 0.05) is 17.3 Å². The van der Waals surface area contributed by atoms with Crippen molar-refractivity contribution in [3.05, 3.63) is 68.7 Å². The SMILES string of the molecule is CCc1ccccc1NC(=O)c1ccc(Cl)c([N+](=O)[O-])c1. The molecule has 6 heteroatoms. The predicted octanol–water partition coefficient (Wildman–Crippen LogP) is 4.06. The van der Waals surface area contributed by atoms with Crippen molar-refractivity contribution in [1.82, 2.24) is 0 Å². The summed E-state index contributed by atoms with van der Waals surface area (Å²) in [7, 11) is 0. The largest absolute Gasteiger partial charge is 0.322 e. The fourth-order valence-electron chi connectivity index (χ4n) is 1.94. The van der Waals surface area contributed by atoms with Gasteiger partial charge in [-0.2, -0.15) is 0 Å². The molecule has 2 aromatic rings. The number of nitrogens with zero attached hydrogens (tertiary/aromatic N) is 1. The molecule has 0 saturated heterocycles. The Labute approximate surface area is 126 Å². The van der Waals surface area contributed by atoms with Gasteiger partial charge in [-0.05, 0) is 30.2 Å². The van der Waals surface area contributed by atoms with Crippen LogP contribution in [0.5, 0.6) is 0 Å². The molecule has 2 aromatic carbocycles. The summed E-state index contributed by atoms with van der Waals surface area (Å²) in [5.74, 6) is -0.407. The van der Waals surface area contributed by atoms with Gasteiger partial charge < -0.3 is 5.32 Å². The number of nitrogens with one attached hydrogen (secondary N) is 1. The number of nitro benzene ring substituents is 1. The van der Waals surface area contributed by atoms with Crippen molar-refractivity contribution in [2.75, 3.05) is 5.32 Å². The Kier molecular flexibility index (Phi) is 4.55. The number of nitro groups is 1. The first-order valence-corrected chi connectivity index (χ1v) is 6.74. The molecule has 1 amide bonds. The lowest BCUT2D eigenvalue weighted by molar-refractivity contribution is -0.384. The number of aryl methyl sites for hydroxylation is 1. The summed E-state index contributed by atoms with van der Waals surface area (Å²) in [6.45, 7) is 1.98. The number of benzene rings is 2. The van der Waals surface area contributed by atoms with Crippen molar-refractivity contribution in [3.63, 3.8) is 0 Å². The predicted molar refractivity (Wildman–Crippen MR) is 81.9 cm³/mol. The average Bonchev–Trinajstić information content (AvgIpc) is 2.47. The minimum Gasteiger partial charge on any atom is -0.322 e. The molecule has 108 valence electrons. The van der Waals surface area contributed by atoms with Gasteiger partial charge in [-0.15, -0.1) is 0 Å². The van der Waals surface area contributed by atoms with Crippen LogP contribution in [0.4, 0.5) is 11.4 Å². The standard InChI is InChI=1S/C15H13ClN2O3/c1-2-10-5-3-4-6-13(10)17-15(19)11-7-8-12(16)14(9-11)18(20)21/h3-9H,2H2,1H3,(H,17,19). The van der Waals surface area contributed by atoms with Crippen LogP contribution in [0.2, 0.25) is 5.02 Å². The number of hydrogen-bond donors (Lipinski definition) is 1. The highest BCUT2D eigenvalue weighted by Crippen LogP contribution is 2.25. The second kappa shape index (κ2) is 6.37. The van der Waals surface area contributed by atoms with Gasteiger partial charge in [-0.3, -0.25) is 14.9 Å². The first-order chi connectivity index (χ1) is 10.0. The Balaban J connectivity index is 2.29. The van der Waals surface area contributed by atoms with E-state index in [1.807, 2.05) is 25.1 Å². The molecule has 0 bridgehead atoms. The van der Waals surface area contributed by atoms with E-state index in [4.69, 9.17) is 11.6 Å². The number of carbonyl (C=O) groups is 1. The van der Waals surface area contributed by atoms with E-state index in [-0.39, 0.29) is 16.3 Å². The van der Waals surface area contributed by atoms with Gasteiger partial charge in [-0.25, -0.2) is 0 Å². The topological polar surface area (TPSA) is 72.2 Å². The molecule has 1 N–H and O–H groups in total. The van der Waals surface area contributed by atoms with Crippen molar-refractivity contribution in [1.29, 1.82) is 0 Å². The van der Waals surface area contributed by atoms with E-state index < -0.39 is 10.8 Å². The first-order valence-electron chi connectivity index (χ1n) is 6.36. The fourth-order valence-corrected chi connectivity index (χ4v) is 2.13. The number of hydrogen-bond acceptors (Lipinski definition) is 3. The molecule has 5 nitrogen and oxygen atoms in total. The molecule has 0 aliphatic heterocycles. The molecular formula is C15H13ClN2O3. The van der Waals surface area contributed by atoms with Crippen molar-refractivity contribution in [2.24, 2.45) is 0 Å². The highest BCUT2D eigenvalue weighted by Gasteiger charge is 2.16. The molecule has 0 radical (unpaired) electrons. The number of halogens is 1. The highest BCUT2D eigenvalue weighted by atomic mass is 35.5. The molecular weight excluding hydrogens is 292 g/mol. The second-order valence-corrected chi connectivity index (χ2v) is 4.80. The lowest BCUT2D eigenvalue weighted by Gasteiger charge is -2.09. The smallest absolute Gasteiger partial charge is 0.288 e. The zero-order valence-corrected chi connectivity index (χ0v) is 12.1. The third kappa shape index (κ3) is 3.38. The molecule has 0 aromatic heterocycles. The molecule has 0 heterocycles. The number of para-hydroxylation sites is 1. The summed E-state index contributed by atoms with van der Waals surface area (Å²) in [5.41, 5.74) is 1.60. The molecule has 0 atom stereocenters. The van der Waals surface area contributed by atoms with Crippen LogP contribution in [0.25, 0.3) is 0 Å².